The quantitative estimate of drug-likeness (QED) is 0.544. The van der Waals surface area contributed by atoms with Crippen LogP contribution in [-0.2, 0) is 23.2 Å². The molecule has 3 aromatic rings. The average Bonchev–Trinajstić information content (AvgIpc) is 3.19. The molecule has 0 aliphatic carbocycles. The van der Waals surface area contributed by atoms with Gasteiger partial charge in [-0.15, -0.1) is 0 Å². The van der Waals surface area contributed by atoms with Crippen molar-refractivity contribution < 1.29 is 22.4 Å². The van der Waals surface area contributed by atoms with Crippen molar-refractivity contribution in [1.82, 2.24) is 10.0 Å². The smallest absolute Gasteiger partial charge is 0.287 e. The summed E-state index contributed by atoms with van der Waals surface area (Å²) in [5.74, 6) is 0.453. The van der Waals surface area contributed by atoms with Gasteiger partial charge in [0.25, 0.3) is 5.91 Å². The second-order valence-corrected chi connectivity index (χ2v) is 8.70. The number of amides is 1. The van der Waals surface area contributed by atoms with Crippen LogP contribution in [0.5, 0.6) is 5.75 Å². The highest BCUT2D eigenvalue weighted by molar-refractivity contribution is 7.89. The van der Waals surface area contributed by atoms with Crippen molar-refractivity contribution in [3.05, 3.63) is 83.8 Å². The lowest BCUT2D eigenvalue weighted by Gasteiger charge is -2.11. The maximum Gasteiger partial charge on any atom is 0.287 e. The van der Waals surface area contributed by atoms with E-state index < -0.39 is 15.9 Å². The fourth-order valence-corrected chi connectivity index (χ4v) is 4.11. The predicted molar refractivity (Wildman–Crippen MR) is 113 cm³/mol. The number of carbonyl (C=O) groups is 1. The number of carbonyl (C=O) groups excluding carboxylic acids is 1. The highest BCUT2D eigenvalue weighted by Gasteiger charge is 2.18. The zero-order valence-electron chi connectivity index (χ0n) is 16.8. The van der Waals surface area contributed by atoms with Gasteiger partial charge in [-0.05, 0) is 49.7 Å². The Bertz CT molecular complexity index is 1090. The van der Waals surface area contributed by atoms with Crippen LogP contribution in [0, 0.1) is 0 Å². The van der Waals surface area contributed by atoms with Crippen molar-refractivity contribution in [1.29, 1.82) is 0 Å². The van der Waals surface area contributed by atoms with E-state index in [0.29, 0.717) is 16.9 Å². The summed E-state index contributed by atoms with van der Waals surface area (Å²) in [5.41, 5.74) is 1.28. The van der Waals surface area contributed by atoms with E-state index in [1.807, 2.05) is 30.3 Å². The fourth-order valence-electron chi connectivity index (χ4n) is 2.79. The molecule has 0 aliphatic heterocycles. The molecule has 1 heterocycles. The molecule has 1 amide bonds. The van der Waals surface area contributed by atoms with Crippen LogP contribution in [0.4, 0.5) is 0 Å². The standard InChI is InChI=1S/C22H24N2O5S/c1-16(2)24-30(26,27)20-10-6-7-17(13-20)14-23-22(25)21-18(11-12-28-21)15-29-19-8-4-3-5-9-19/h3-13,16,24H,14-15H2,1-2H3,(H,23,25). The van der Waals surface area contributed by atoms with Crippen LogP contribution in [0.2, 0.25) is 0 Å². The molecule has 158 valence electrons. The third-order valence-electron chi connectivity index (χ3n) is 4.14. The monoisotopic (exact) mass is 428 g/mol. The Labute approximate surface area is 176 Å². The molecule has 8 heteroatoms. The maximum absolute atomic E-state index is 12.5. The Morgan fingerprint density at radius 1 is 1.07 bits per heavy atom. The summed E-state index contributed by atoms with van der Waals surface area (Å²) in [7, 11) is -3.60. The molecule has 30 heavy (non-hydrogen) atoms. The zero-order valence-corrected chi connectivity index (χ0v) is 17.6. The molecule has 0 saturated heterocycles. The zero-order chi connectivity index (χ0) is 21.6. The first-order chi connectivity index (χ1) is 14.3. The van der Waals surface area contributed by atoms with E-state index in [4.69, 9.17) is 9.15 Å². The Morgan fingerprint density at radius 3 is 2.57 bits per heavy atom. The van der Waals surface area contributed by atoms with Crippen molar-refractivity contribution in [3.63, 3.8) is 0 Å². The predicted octanol–water partition coefficient (Wildman–Crippen LogP) is 3.48. The first-order valence-electron chi connectivity index (χ1n) is 9.49. The van der Waals surface area contributed by atoms with Gasteiger partial charge in [0.15, 0.2) is 5.76 Å². The van der Waals surface area contributed by atoms with E-state index in [-0.39, 0.29) is 29.8 Å². The molecule has 3 rings (SSSR count). The van der Waals surface area contributed by atoms with E-state index >= 15 is 0 Å². The summed E-state index contributed by atoms with van der Waals surface area (Å²) in [5, 5.41) is 2.76. The molecule has 0 saturated carbocycles. The number of rotatable bonds is 9. The molecular weight excluding hydrogens is 404 g/mol. The third kappa shape index (κ3) is 5.71. The number of nitrogens with one attached hydrogen (secondary N) is 2. The third-order valence-corrected chi connectivity index (χ3v) is 5.80. The lowest BCUT2D eigenvalue weighted by Crippen LogP contribution is -2.30. The molecule has 0 aliphatic rings. The molecule has 0 spiro atoms. The second kappa shape index (κ2) is 9.60. The Hall–Kier alpha value is -3.10. The second-order valence-electron chi connectivity index (χ2n) is 6.98. The van der Waals surface area contributed by atoms with Crippen molar-refractivity contribution in [3.8, 4) is 5.75 Å². The van der Waals surface area contributed by atoms with Gasteiger partial charge in [-0.1, -0.05) is 30.3 Å². The van der Waals surface area contributed by atoms with E-state index in [0.717, 1.165) is 0 Å². The Morgan fingerprint density at radius 2 is 1.83 bits per heavy atom. The number of hydrogen-bond donors (Lipinski definition) is 2. The van der Waals surface area contributed by atoms with Gasteiger partial charge in [0.05, 0.1) is 11.2 Å². The molecule has 2 N–H and O–H groups in total. The minimum Gasteiger partial charge on any atom is -0.489 e. The van der Waals surface area contributed by atoms with Gasteiger partial charge >= 0.3 is 0 Å². The molecule has 0 unspecified atom stereocenters. The molecule has 2 aromatic carbocycles. The van der Waals surface area contributed by atoms with Crippen LogP contribution in [0.25, 0.3) is 0 Å². The molecule has 0 radical (unpaired) electrons. The number of hydrogen-bond acceptors (Lipinski definition) is 5. The van der Waals surface area contributed by atoms with E-state index in [2.05, 4.69) is 10.0 Å². The van der Waals surface area contributed by atoms with Crippen molar-refractivity contribution in [2.24, 2.45) is 0 Å². The average molecular weight is 429 g/mol. The number of ether oxygens (including phenoxy) is 1. The molecular formula is C22H24N2O5S. The summed E-state index contributed by atoms with van der Waals surface area (Å²) in [6.07, 6.45) is 1.43. The van der Waals surface area contributed by atoms with Crippen molar-refractivity contribution in [2.45, 2.75) is 37.9 Å². The molecule has 0 atom stereocenters. The minimum absolute atomic E-state index is 0.151. The lowest BCUT2D eigenvalue weighted by atomic mass is 10.2. The van der Waals surface area contributed by atoms with Gasteiger partial charge in [0.1, 0.15) is 12.4 Å². The molecule has 7 nitrogen and oxygen atoms in total. The maximum atomic E-state index is 12.5. The largest absolute Gasteiger partial charge is 0.489 e. The summed E-state index contributed by atoms with van der Waals surface area (Å²) in [6, 6.07) is 17.2. The lowest BCUT2D eigenvalue weighted by molar-refractivity contribution is 0.0919. The summed E-state index contributed by atoms with van der Waals surface area (Å²) < 4.78 is 38.2. The summed E-state index contributed by atoms with van der Waals surface area (Å²) in [4.78, 5) is 12.7. The SMILES string of the molecule is CC(C)NS(=O)(=O)c1cccc(CNC(=O)c2occc2COc2ccccc2)c1. The van der Waals surface area contributed by atoms with Crippen LogP contribution in [0.15, 0.2) is 76.2 Å². The minimum atomic E-state index is -3.60. The van der Waals surface area contributed by atoms with E-state index in [9.17, 15) is 13.2 Å². The van der Waals surface area contributed by atoms with Crippen LogP contribution >= 0.6 is 0 Å². The van der Waals surface area contributed by atoms with Crippen LogP contribution < -0.4 is 14.8 Å². The highest BCUT2D eigenvalue weighted by Crippen LogP contribution is 2.16. The van der Waals surface area contributed by atoms with E-state index in [1.165, 1.54) is 18.4 Å². The normalized spacial score (nSPS) is 11.4. The van der Waals surface area contributed by atoms with Crippen LogP contribution in [0.3, 0.4) is 0 Å². The molecule has 1 aromatic heterocycles. The van der Waals surface area contributed by atoms with Gasteiger partial charge in [0.2, 0.25) is 10.0 Å². The van der Waals surface area contributed by atoms with Gasteiger partial charge < -0.3 is 14.5 Å². The summed E-state index contributed by atoms with van der Waals surface area (Å²) >= 11 is 0. The van der Waals surface area contributed by atoms with Crippen LogP contribution in [-0.4, -0.2) is 20.4 Å². The van der Waals surface area contributed by atoms with E-state index in [1.54, 1.807) is 32.0 Å². The first-order valence-corrected chi connectivity index (χ1v) is 11.0. The summed E-state index contributed by atoms with van der Waals surface area (Å²) in [6.45, 7) is 3.86. The van der Waals surface area contributed by atoms with Crippen molar-refractivity contribution in [2.75, 3.05) is 0 Å². The van der Waals surface area contributed by atoms with Gasteiger partial charge in [-0.2, -0.15) is 0 Å². The topological polar surface area (TPSA) is 97.6 Å². The Balaban J connectivity index is 1.63. The van der Waals surface area contributed by atoms with Gasteiger partial charge in [-0.25, -0.2) is 13.1 Å². The number of sulfonamides is 1. The van der Waals surface area contributed by atoms with Gasteiger partial charge in [0, 0.05) is 18.2 Å². The first kappa shape index (κ1) is 21.6. The van der Waals surface area contributed by atoms with Crippen LogP contribution in [0.1, 0.15) is 35.5 Å². The molecule has 0 fully saturated rings. The molecule has 0 bridgehead atoms. The van der Waals surface area contributed by atoms with Crippen molar-refractivity contribution >= 4 is 15.9 Å². The Kier molecular flexibility index (Phi) is 6.91. The van der Waals surface area contributed by atoms with Gasteiger partial charge in [-0.3, -0.25) is 4.79 Å². The highest BCUT2D eigenvalue weighted by atomic mass is 32.2. The fraction of sp³-hybridized carbons (Fsp3) is 0.227. The number of para-hydroxylation sites is 1. The number of benzene rings is 2. The number of furan rings is 1.